The van der Waals surface area contributed by atoms with Gasteiger partial charge in [0.05, 0.1) is 5.56 Å². The lowest BCUT2D eigenvalue weighted by Gasteiger charge is -2.20. The van der Waals surface area contributed by atoms with E-state index in [1.807, 2.05) is 27.7 Å². The summed E-state index contributed by atoms with van der Waals surface area (Å²) in [7, 11) is 0. The highest BCUT2D eigenvalue weighted by molar-refractivity contribution is 6.31. The lowest BCUT2D eigenvalue weighted by Crippen LogP contribution is -2.24. The van der Waals surface area contributed by atoms with Crippen molar-refractivity contribution in [1.29, 1.82) is 0 Å². The summed E-state index contributed by atoms with van der Waals surface area (Å²) in [5, 5.41) is 3.63. The number of hydrogen-bond acceptors (Lipinski definition) is 3. The Morgan fingerprint density at radius 3 is 2.59 bits per heavy atom. The number of ether oxygens (including phenoxy) is 1. The van der Waals surface area contributed by atoms with E-state index in [0.29, 0.717) is 10.6 Å². The Bertz CT molecular complexity index is 410. The van der Waals surface area contributed by atoms with Crippen LogP contribution in [0, 0.1) is 0 Å². The largest absolute Gasteiger partial charge is 0.456 e. The molecule has 0 saturated carbocycles. The van der Waals surface area contributed by atoms with Gasteiger partial charge in [-0.1, -0.05) is 11.6 Å². The maximum atomic E-state index is 12.0. The number of benzene rings is 1. The molecule has 0 aliphatic rings. The van der Waals surface area contributed by atoms with Crippen LogP contribution in [0.3, 0.4) is 0 Å². The fraction of sp³-hybridized carbons (Fsp3) is 0.462. The molecular formula is C13H18ClNO2. The topological polar surface area (TPSA) is 38.3 Å². The van der Waals surface area contributed by atoms with E-state index in [0.717, 1.165) is 12.2 Å². The average Bonchev–Trinajstić information content (AvgIpc) is 2.18. The molecule has 0 aliphatic carbocycles. The van der Waals surface area contributed by atoms with Gasteiger partial charge in [0.15, 0.2) is 0 Å². The van der Waals surface area contributed by atoms with Gasteiger partial charge in [0.2, 0.25) is 0 Å². The second-order valence-corrected chi connectivity index (χ2v) is 5.16. The minimum Gasteiger partial charge on any atom is -0.456 e. The van der Waals surface area contributed by atoms with Gasteiger partial charge in [-0.05, 0) is 45.9 Å². The van der Waals surface area contributed by atoms with Gasteiger partial charge in [-0.3, -0.25) is 0 Å². The van der Waals surface area contributed by atoms with Gasteiger partial charge in [-0.25, -0.2) is 4.79 Å². The molecule has 0 saturated heterocycles. The van der Waals surface area contributed by atoms with E-state index < -0.39 is 5.60 Å². The fourth-order valence-corrected chi connectivity index (χ4v) is 1.54. The minimum atomic E-state index is -0.511. The normalized spacial score (nSPS) is 11.1. The lowest BCUT2D eigenvalue weighted by atomic mass is 10.1. The van der Waals surface area contributed by atoms with E-state index in [-0.39, 0.29) is 5.97 Å². The van der Waals surface area contributed by atoms with Crippen molar-refractivity contribution >= 4 is 23.3 Å². The van der Waals surface area contributed by atoms with E-state index >= 15 is 0 Å². The van der Waals surface area contributed by atoms with Gasteiger partial charge in [0, 0.05) is 17.3 Å². The summed E-state index contributed by atoms with van der Waals surface area (Å²) < 4.78 is 5.33. The predicted octanol–water partition coefficient (Wildman–Crippen LogP) is 3.73. The summed E-state index contributed by atoms with van der Waals surface area (Å²) in [5.41, 5.74) is 0.698. The van der Waals surface area contributed by atoms with Crippen molar-refractivity contribution in [1.82, 2.24) is 0 Å². The predicted molar refractivity (Wildman–Crippen MR) is 70.8 cm³/mol. The first-order valence-electron chi connectivity index (χ1n) is 5.60. The van der Waals surface area contributed by atoms with Gasteiger partial charge >= 0.3 is 5.97 Å². The van der Waals surface area contributed by atoms with Crippen LogP contribution in [-0.2, 0) is 4.74 Å². The van der Waals surface area contributed by atoms with Gasteiger partial charge < -0.3 is 10.1 Å². The van der Waals surface area contributed by atoms with Crippen molar-refractivity contribution in [2.75, 3.05) is 11.9 Å². The number of anilines is 1. The lowest BCUT2D eigenvalue weighted by molar-refractivity contribution is 0.00707. The highest BCUT2D eigenvalue weighted by Gasteiger charge is 2.20. The van der Waals surface area contributed by atoms with Crippen molar-refractivity contribution in [2.45, 2.75) is 33.3 Å². The van der Waals surface area contributed by atoms with E-state index in [1.165, 1.54) is 0 Å². The second kappa shape index (κ2) is 5.41. The van der Waals surface area contributed by atoms with E-state index in [9.17, 15) is 4.79 Å². The average molecular weight is 256 g/mol. The maximum Gasteiger partial charge on any atom is 0.340 e. The molecule has 94 valence electrons. The molecule has 1 aromatic carbocycles. The van der Waals surface area contributed by atoms with Crippen molar-refractivity contribution in [3.05, 3.63) is 28.8 Å². The molecule has 0 aliphatic heterocycles. The van der Waals surface area contributed by atoms with E-state index in [1.54, 1.807) is 18.2 Å². The molecule has 1 rings (SSSR count). The number of esters is 1. The van der Waals surface area contributed by atoms with Crippen LogP contribution >= 0.6 is 11.6 Å². The van der Waals surface area contributed by atoms with Crippen LogP contribution in [0.4, 0.5) is 5.69 Å². The third kappa shape index (κ3) is 4.27. The Labute approximate surface area is 107 Å². The molecule has 0 aromatic heterocycles. The first-order valence-corrected chi connectivity index (χ1v) is 5.98. The Morgan fingerprint density at radius 1 is 1.41 bits per heavy atom. The summed E-state index contributed by atoms with van der Waals surface area (Å²) in [6, 6.07) is 5.14. The highest BCUT2D eigenvalue weighted by Crippen LogP contribution is 2.23. The van der Waals surface area contributed by atoms with E-state index in [2.05, 4.69) is 5.32 Å². The zero-order chi connectivity index (χ0) is 13.1. The maximum absolute atomic E-state index is 12.0. The number of hydrogen-bond donors (Lipinski definition) is 1. The van der Waals surface area contributed by atoms with Crippen LogP contribution in [0.15, 0.2) is 18.2 Å². The van der Waals surface area contributed by atoms with Crippen LogP contribution in [0.5, 0.6) is 0 Å². The number of nitrogens with one attached hydrogen (secondary N) is 1. The molecular weight excluding hydrogens is 238 g/mol. The van der Waals surface area contributed by atoms with E-state index in [4.69, 9.17) is 16.3 Å². The highest BCUT2D eigenvalue weighted by atomic mass is 35.5. The molecule has 3 nitrogen and oxygen atoms in total. The molecule has 0 bridgehead atoms. The molecule has 0 radical (unpaired) electrons. The van der Waals surface area contributed by atoms with Crippen molar-refractivity contribution in [3.63, 3.8) is 0 Å². The van der Waals surface area contributed by atoms with Crippen LogP contribution in [0.25, 0.3) is 0 Å². The summed E-state index contributed by atoms with van der Waals surface area (Å²) in [5.74, 6) is -0.365. The van der Waals surface area contributed by atoms with Gasteiger partial charge in [0.1, 0.15) is 5.60 Å². The third-order valence-corrected chi connectivity index (χ3v) is 2.20. The standard InChI is InChI=1S/C13H18ClNO2/c1-5-15-11-7-6-9(14)8-10(11)12(16)17-13(2,3)4/h6-8,15H,5H2,1-4H3. The molecule has 0 spiro atoms. The molecule has 0 fully saturated rings. The molecule has 1 aromatic rings. The Morgan fingerprint density at radius 2 is 2.06 bits per heavy atom. The third-order valence-electron chi connectivity index (χ3n) is 1.97. The summed E-state index contributed by atoms with van der Waals surface area (Å²) in [4.78, 5) is 12.0. The molecule has 1 N–H and O–H groups in total. The first kappa shape index (κ1) is 13.8. The van der Waals surface area contributed by atoms with Crippen LogP contribution in [0.2, 0.25) is 5.02 Å². The second-order valence-electron chi connectivity index (χ2n) is 4.72. The van der Waals surface area contributed by atoms with Gasteiger partial charge in [0.25, 0.3) is 0 Å². The molecule has 0 heterocycles. The Balaban J connectivity index is 3.02. The van der Waals surface area contributed by atoms with Gasteiger partial charge in [-0.2, -0.15) is 0 Å². The molecule has 0 atom stereocenters. The summed E-state index contributed by atoms with van der Waals surface area (Å²) in [6.07, 6.45) is 0. The molecule has 0 unspecified atom stereocenters. The van der Waals surface area contributed by atoms with Gasteiger partial charge in [-0.15, -0.1) is 0 Å². The van der Waals surface area contributed by atoms with Crippen molar-refractivity contribution in [2.24, 2.45) is 0 Å². The first-order chi connectivity index (χ1) is 7.83. The van der Waals surface area contributed by atoms with Crippen LogP contribution in [0.1, 0.15) is 38.1 Å². The number of carbonyl (C=O) groups is 1. The van der Waals surface area contributed by atoms with Crippen LogP contribution in [-0.4, -0.2) is 18.1 Å². The van der Waals surface area contributed by atoms with Crippen LogP contribution < -0.4 is 5.32 Å². The monoisotopic (exact) mass is 255 g/mol. The number of halogens is 1. The Hall–Kier alpha value is -1.22. The minimum absolute atomic E-state index is 0.365. The summed E-state index contributed by atoms with van der Waals surface area (Å²) >= 11 is 5.90. The zero-order valence-electron chi connectivity index (χ0n) is 10.6. The molecule has 17 heavy (non-hydrogen) atoms. The molecule has 4 heteroatoms. The zero-order valence-corrected chi connectivity index (χ0v) is 11.4. The SMILES string of the molecule is CCNc1ccc(Cl)cc1C(=O)OC(C)(C)C. The number of carbonyl (C=O) groups excluding carboxylic acids is 1. The number of rotatable bonds is 3. The Kier molecular flexibility index (Phi) is 4.40. The molecule has 0 amide bonds. The quantitative estimate of drug-likeness (QED) is 0.837. The van der Waals surface area contributed by atoms with Crippen molar-refractivity contribution in [3.8, 4) is 0 Å². The van der Waals surface area contributed by atoms with Crippen molar-refractivity contribution < 1.29 is 9.53 Å². The fourth-order valence-electron chi connectivity index (χ4n) is 1.36. The summed E-state index contributed by atoms with van der Waals surface area (Å²) in [6.45, 7) is 8.21. The smallest absolute Gasteiger partial charge is 0.340 e.